The summed E-state index contributed by atoms with van der Waals surface area (Å²) >= 11 is 0. The first-order valence-corrected chi connectivity index (χ1v) is 7.70. The number of H-pyrrole nitrogens is 1. The number of nitrogens with one attached hydrogen (secondary N) is 2. The van der Waals surface area contributed by atoms with Crippen LogP contribution in [-0.4, -0.2) is 50.9 Å². The topological polar surface area (TPSA) is 99.6 Å². The van der Waals surface area contributed by atoms with E-state index in [-0.39, 0.29) is 24.4 Å². The molecule has 0 radical (unpaired) electrons. The fourth-order valence-electron chi connectivity index (χ4n) is 2.74. The molecule has 122 valence electrons. The largest absolute Gasteiger partial charge is 0.351 e. The van der Waals surface area contributed by atoms with Gasteiger partial charge >= 0.3 is 0 Å². The molecular formula is C15H19N5O3. The van der Waals surface area contributed by atoms with Gasteiger partial charge in [0.2, 0.25) is 5.91 Å². The number of carbonyl (C=O) groups is 2. The molecule has 8 nitrogen and oxygen atoms in total. The summed E-state index contributed by atoms with van der Waals surface area (Å²) in [6, 6.07) is 1.72. The molecule has 23 heavy (non-hydrogen) atoms. The van der Waals surface area contributed by atoms with Gasteiger partial charge in [0.05, 0.1) is 5.69 Å². The average Bonchev–Trinajstić information content (AvgIpc) is 3.14. The first kappa shape index (κ1) is 15.3. The van der Waals surface area contributed by atoms with E-state index in [4.69, 9.17) is 0 Å². The molecule has 1 aliphatic rings. The fourth-order valence-corrected chi connectivity index (χ4v) is 2.74. The number of amides is 2. The highest BCUT2D eigenvalue weighted by Crippen LogP contribution is 2.08. The molecule has 3 rings (SSSR count). The van der Waals surface area contributed by atoms with Crippen molar-refractivity contribution in [3.8, 4) is 0 Å². The zero-order valence-corrected chi connectivity index (χ0v) is 13.0. The normalized spacial score (nSPS) is 14.4. The SMILES string of the molecule is Cc1cc2[nH]c(=O)c(C(=O)NCCC(=O)N3CCCC3)cn2n1. The first-order valence-electron chi connectivity index (χ1n) is 7.70. The van der Waals surface area contributed by atoms with E-state index in [9.17, 15) is 14.4 Å². The van der Waals surface area contributed by atoms with Crippen molar-refractivity contribution < 1.29 is 9.59 Å². The lowest BCUT2D eigenvalue weighted by Crippen LogP contribution is -2.34. The van der Waals surface area contributed by atoms with E-state index >= 15 is 0 Å². The third kappa shape index (κ3) is 3.25. The number of likely N-dealkylation sites (tertiary alicyclic amines) is 1. The number of hydrogen-bond acceptors (Lipinski definition) is 4. The predicted octanol–water partition coefficient (Wildman–Crippen LogP) is 0.0733. The summed E-state index contributed by atoms with van der Waals surface area (Å²) < 4.78 is 1.46. The second-order valence-electron chi connectivity index (χ2n) is 5.71. The van der Waals surface area contributed by atoms with Crippen LogP contribution in [0.1, 0.15) is 35.3 Å². The molecule has 1 aliphatic heterocycles. The van der Waals surface area contributed by atoms with Gasteiger partial charge < -0.3 is 15.2 Å². The van der Waals surface area contributed by atoms with E-state index in [1.165, 1.54) is 10.7 Å². The van der Waals surface area contributed by atoms with Gasteiger partial charge in [-0.05, 0) is 19.8 Å². The second kappa shape index (κ2) is 6.23. The van der Waals surface area contributed by atoms with Crippen LogP contribution in [0.25, 0.3) is 5.65 Å². The van der Waals surface area contributed by atoms with E-state index in [2.05, 4.69) is 15.4 Å². The van der Waals surface area contributed by atoms with Crippen LogP contribution < -0.4 is 10.9 Å². The molecule has 2 N–H and O–H groups in total. The van der Waals surface area contributed by atoms with Crippen LogP contribution in [0.4, 0.5) is 0 Å². The molecule has 1 saturated heterocycles. The van der Waals surface area contributed by atoms with Crippen LogP contribution in [-0.2, 0) is 4.79 Å². The van der Waals surface area contributed by atoms with Gasteiger partial charge in [0.25, 0.3) is 11.5 Å². The molecule has 0 atom stereocenters. The molecule has 8 heteroatoms. The molecule has 2 aromatic rings. The predicted molar refractivity (Wildman–Crippen MR) is 83.3 cm³/mol. The zero-order valence-electron chi connectivity index (χ0n) is 13.0. The quantitative estimate of drug-likeness (QED) is 0.833. The smallest absolute Gasteiger partial charge is 0.263 e. The van der Waals surface area contributed by atoms with E-state index < -0.39 is 11.5 Å². The summed E-state index contributed by atoms with van der Waals surface area (Å²) in [5, 5.41) is 6.78. The van der Waals surface area contributed by atoms with Gasteiger partial charge in [-0.25, -0.2) is 4.52 Å². The number of hydrogen-bond donors (Lipinski definition) is 2. The van der Waals surface area contributed by atoms with Crippen molar-refractivity contribution in [1.82, 2.24) is 24.8 Å². The van der Waals surface area contributed by atoms with Crippen molar-refractivity contribution in [2.45, 2.75) is 26.2 Å². The molecular weight excluding hydrogens is 298 g/mol. The summed E-state index contributed by atoms with van der Waals surface area (Å²) in [7, 11) is 0. The van der Waals surface area contributed by atoms with Crippen molar-refractivity contribution in [3.05, 3.63) is 33.9 Å². The molecule has 1 fully saturated rings. The Balaban J connectivity index is 1.62. The maximum absolute atomic E-state index is 12.1. The number of fused-ring (bicyclic) bond motifs is 1. The Bertz CT molecular complexity index is 801. The van der Waals surface area contributed by atoms with Gasteiger partial charge in [-0.2, -0.15) is 5.10 Å². The second-order valence-corrected chi connectivity index (χ2v) is 5.71. The number of aryl methyl sites for hydroxylation is 1. The zero-order chi connectivity index (χ0) is 16.4. The molecule has 0 unspecified atom stereocenters. The number of aromatic amines is 1. The van der Waals surface area contributed by atoms with Crippen LogP contribution in [0.5, 0.6) is 0 Å². The molecule has 3 heterocycles. The van der Waals surface area contributed by atoms with Crippen LogP contribution in [0.3, 0.4) is 0 Å². The van der Waals surface area contributed by atoms with Crippen LogP contribution >= 0.6 is 0 Å². The van der Waals surface area contributed by atoms with Crippen molar-refractivity contribution in [1.29, 1.82) is 0 Å². The molecule has 2 aromatic heterocycles. The van der Waals surface area contributed by atoms with Crippen LogP contribution in [0, 0.1) is 6.92 Å². The van der Waals surface area contributed by atoms with Gasteiger partial charge in [0.15, 0.2) is 0 Å². The first-order chi connectivity index (χ1) is 11.0. The van der Waals surface area contributed by atoms with Gasteiger partial charge in [0, 0.05) is 38.3 Å². The van der Waals surface area contributed by atoms with Gasteiger partial charge in [0.1, 0.15) is 11.2 Å². The Labute approximate surface area is 132 Å². The van der Waals surface area contributed by atoms with Crippen LogP contribution in [0.15, 0.2) is 17.1 Å². The summed E-state index contributed by atoms with van der Waals surface area (Å²) in [5.74, 6) is -0.467. The minimum atomic E-state index is -0.504. The van der Waals surface area contributed by atoms with Crippen molar-refractivity contribution in [3.63, 3.8) is 0 Å². The maximum atomic E-state index is 12.1. The van der Waals surface area contributed by atoms with Gasteiger partial charge in [-0.1, -0.05) is 0 Å². The number of aromatic nitrogens is 3. The Morgan fingerprint density at radius 1 is 1.35 bits per heavy atom. The third-order valence-corrected chi connectivity index (χ3v) is 3.92. The number of nitrogens with zero attached hydrogens (tertiary/aromatic N) is 3. The van der Waals surface area contributed by atoms with E-state index in [1.54, 1.807) is 17.9 Å². The number of rotatable bonds is 4. The minimum absolute atomic E-state index is 0.0192. The summed E-state index contributed by atoms with van der Waals surface area (Å²) in [6.45, 7) is 3.60. The monoisotopic (exact) mass is 317 g/mol. The lowest BCUT2D eigenvalue weighted by molar-refractivity contribution is -0.129. The highest BCUT2D eigenvalue weighted by atomic mass is 16.2. The van der Waals surface area contributed by atoms with Crippen molar-refractivity contribution in [2.24, 2.45) is 0 Å². The van der Waals surface area contributed by atoms with E-state index in [0.717, 1.165) is 31.6 Å². The fraction of sp³-hybridized carbons (Fsp3) is 0.467. The van der Waals surface area contributed by atoms with E-state index in [1.807, 2.05) is 0 Å². The maximum Gasteiger partial charge on any atom is 0.263 e. The third-order valence-electron chi connectivity index (χ3n) is 3.92. The molecule has 0 spiro atoms. The van der Waals surface area contributed by atoms with Crippen molar-refractivity contribution in [2.75, 3.05) is 19.6 Å². The Morgan fingerprint density at radius 2 is 2.09 bits per heavy atom. The summed E-state index contributed by atoms with van der Waals surface area (Å²) in [4.78, 5) is 40.4. The van der Waals surface area contributed by atoms with Crippen molar-refractivity contribution >= 4 is 17.5 Å². The molecule has 0 bridgehead atoms. The minimum Gasteiger partial charge on any atom is -0.351 e. The summed E-state index contributed by atoms with van der Waals surface area (Å²) in [6.07, 6.45) is 3.72. The van der Waals surface area contributed by atoms with Crippen LogP contribution in [0.2, 0.25) is 0 Å². The standard InChI is InChI=1S/C15H19N5O3/c1-10-8-12-17-15(23)11(9-20(12)18-10)14(22)16-5-4-13(21)19-6-2-3-7-19/h8-9H,2-7H2,1H3,(H,16,22)(H,17,23). The molecule has 0 aliphatic carbocycles. The highest BCUT2D eigenvalue weighted by molar-refractivity contribution is 5.94. The Hall–Kier alpha value is -2.64. The highest BCUT2D eigenvalue weighted by Gasteiger charge is 2.18. The van der Waals surface area contributed by atoms with Gasteiger partial charge in [-0.3, -0.25) is 14.4 Å². The Morgan fingerprint density at radius 3 is 2.83 bits per heavy atom. The Kier molecular flexibility index (Phi) is 4.14. The van der Waals surface area contributed by atoms with Gasteiger partial charge in [-0.15, -0.1) is 0 Å². The lowest BCUT2D eigenvalue weighted by atomic mass is 10.3. The molecule has 0 aromatic carbocycles. The number of carbonyl (C=O) groups excluding carboxylic acids is 2. The summed E-state index contributed by atoms with van der Waals surface area (Å²) in [5.41, 5.74) is 0.790. The molecule has 0 saturated carbocycles. The lowest BCUT2D eigenvalue weighted by Gasteiger charge is -2.15. The molecule has 2 amide bonds. The average molecular weight is 317 g/mol. The van der Waals surface area contributed by atoms with E-state index in [0.29, 0.717) is 5.65 Å².